The van der Waals surface area contributed by atoms with Gasteiger partial charge in [-0.05, 0) is 36.4 Å². The standard InChI is InChI=1S/C24H18F3N5O3/c1-15(33)29-9-10-35-20-7-6-18(23-30-14-21(32-23)24(25,26)27)12-19(20)31-22(34)8-5-16-3-2-4-17(11-16)13-28/h2-4,6-7,11-12,14H,9-10H2,1H3,(H,29,33)(H,30,32)(H,31,34). The molecule has 0 atom stereocenters. The Kier molecular flexibility index (Phi) is 7.74. The maximum absolute atomic E-state index is 12.9. The first-order valence-corrected chi connectivity index (χ1v) is 10.1. The number of aromatic amines is 1. The summed E-state index contributed by atoms with van der Waals surface area (Å²) in [5, 5.41) is 14.1. The van der Waals surface area contributed by atoms with E-state index in [1.165, 1.54) is 31.2 Å². The predicted octanol–water partition coefficient (Wildman–Crippen LogP) is 3.47. The van der Waals surface area contributed by atoms with Gasteiger partial charge in [0.15, 0.2) is 0 Å². The van der Waals surface area contributed by atoms with Crippen LogP contribution in [0.5, 0.6) is 5.75 Å². The quantitative estimate of drug-likeness (QED) is 0.368. The van der Waals surface area contributed by atoms with Crippen molar-refractivity contribution >= 4 is 17.5 Å². The number of hydrogen-bond donors (Lipinski definition) is 3. The summed E-state index contributed by atoms with van der Waals surface area (Å²) in [6.45, 7) is 1.63. The normalized spacial score (nSPS) is 10.5. The number of ether oxygens (including phenoxy) is 1. The Bertz CT molecular complexity index is 1350. The molecule has 11 heteroatoms. The molecule has 8 nitrogen and oxygen atoms in total. The largest absolute Gasteiger partial charge is 0.490 e. The maximum atomic E-state index is 12.9. The van der Waals surface area contributed by atoms with Gasteiger partial charge in [0.05, 0.1) is 30.1 Å². The second kappa shape index (κ2) is 10.9. The highest BCUT2D eigenvalue weighted by Gasteiger charge is 2.33. The molecule has 0 aliphatic heterocycles. The molecule has 1 aromatic heterocycles. The number of rotatable bonds is 6. The van der Waals surface area contributed by atoms with Gasteiger partial charge in [-0.1, -0.05) is 12.0 Å². The van der Waals surface area contributed by atoms with E-state index in [4.69, 9.17) is 10.00 Å². The second-order valence-electron chi connectivity index (χ2n) is 7.08. The van der Waals surface area contributed by atoms with Crippen LogP contribution in [0.3, 0.4) is 0 Å². The van der Waals surface area contributed by atoms with E-state index in [2.05, 4.69) is 32.4 Å². The fourth-order valence-electron chi connectivity index (χ4n) is 2.85. The van der Waals surface area contributed by atoms with Gasteiger partial charge < -0.3 is 20.4 Å². The monoisotopic (exact) mass is 481 g/mol. The van der Waals surface area contributed by atoms with Gasteiger partial charge in [0.25, 0.3) is 0 Å². The summed E-state index contributed by atoms with van der Waals surface area (Å²) in [7, 11) is 0. The first-order valence-electron chi connectivity index (χ1n) is 10.1. The van der Waals surface area contributed by atoms with Gasteiger partial charge in [-0.3, -0.25) is 9.59 Å². The number of amides is 2. The first-order chi connectivity index (χ1) is 16.7. The Morgan fingerprint density at radius 2 is 1.94 bits per heavy atom. The molecular weight excluding hydrogens is 463 g/mol. The van der Waals surface area contributed by atoms with E-state index < -0.39 is 17.8 Å². The molecule has 3 aromatic rings. The number of nitriles is 1. The summed E-state index contributed by atoms with van der Waals surface area (Å²) >= 11 is 0. The van der Waals surface area contributed by atoms with Crippen LogP contribution in [0.4, 0.5) is 18.9 Å². The number of aromatic nitrogens is 2. The lowest BCUT2D eigenvalue weighted by Gasteiger charge is -2.13. The van der Waals surface area contributed by atoms with Crippen LogP contribution in [0.1, 0.15) is 23.7 Å². The molecule has 0 saturated carbocycles. The number of nitrogens with one attached hydrogen (secondary N) is 3. The van der Waals surface area contributed by atoms with Crippen LogP contribution in [0, 0.1) is 23.2 Å². The number of anilines is 1. The minimum Gasteiger partial charge on any atom is -0.490 e. The molecule has 0 aliphatic rings. The minimum absolute atomic E-state index is 0.0583. The number of H-pyrrole nitrogens is 1. The molecule has 0 unspecified atom stereocenters. The summed E-state index contributed by atoms with van der Waals surface area (Å²) in [6, 6.07) is 12.7. The number of carbonyl (C=O) groups is 2. The van der Waals surface area contributed by atoms with E-state index in [0.717, 1.165) is 0 Å². The predicted molar refractivity (Wildman–Crippen MR) is 120 cm³/mol. The van der Waals surface area contributed by atoms with Crippen molar-refractivity contribution in [2.24, 2.45) is 0 Å². The molecule has 0 radical (unpaired) electrons. The van der Waals surface area contributed by atoms with E-state index >= 15 is 0 Å². The van der Waals surface area contributed by atoms with Gasteiger partial charge in [0.2, 0.25) is 5.91 Å². The molecule has 0 fully saturated rings. The number of halogens is 3. The maximum Gasteiger partial charge on any atom is 0.432 e. The van der Waals surface area contributed by atoms with E-state index in [1.54, 1.807) is 18.2 Å². The molecule has 3 N–H and O–H groups in total. The Balaban J connectivity index is 1.85. The van der Waals surface area contributed by atoms with Gasteiger partial charge >= 0.3 is 12.1 Å². The topological polar surface area (TPSA) is 120 Å². The fraction of sp³-hybridized carbons (Fsp3) is 0.167. The van der Waals surface area contributed by atoms with Crippen molar-refractivity contribution in [2.75, 3.05) is 18.5 Å². The summed E-state index contributed by atoms with van der Waals surface area (Å²) < 4.78 is 44.4. The zero-order valence-corrected chi connectivity index (χ0v) is 18.3. The lowest BCUT2D eigenvalue weighted by atomic mass is 10.1. The average Bonchev–Trinajstić information content (AvgIpc) is 3.32. The third kappa shape index (κ3) is 7.11. The molecule has 0 bridgehead atoms. The van der Waals surface area contributed by atoms with Gasteiger partial charge in [-0.15, -0.1) is 0 Å². The lowest BCUT2D eigenvalue weighted by molar-refractivity contribution is -0.140. The van der Waals surface area contributed by atoms with Gasteiger partial charge in [-0.2, -0.15) is 18.4 Å². The molecule has 35 heavy (non-hydrogen) atoms. The van der Waals surface area contributed by atoms with Crippen LogP contribution in [-0.4, -0.2) is 34.9 Å². The number of hydrogen-bond acceptors (Lipinski definition) is 5. The summed E-state index contributed by atoms with van der Waals surface area (Å²) in [5.74, 6) is 4.24. The lowest BCUT2D eigenvalue weighted by Crippen LogP contribution is -2.25. The van der Waals surface area contributed by atoms with Gasteiger partial charge in [0, 0.05) is 24.0 Å². The SMILES string of the molecule is CC(=O)NCCOc1ccc(-c2ncc(C(F)(F)F)[nH]2)cc1NC(=O)C#Cc1cccc(C#N)c1. The molecule has 0 aliphatic carbocycles. The van der Waals surface area contributed by atoms with Crippen LogP contribution < -0.4 is 15.4 Å². The third-order valence-electron chi connectivity index (χ3n) is 4.43. The van der Waals surface area contributed by atoms with Crippen molar-refractivity contribution in [3.63, 3.8) is 0 Å². The number of imidazole rings is 1. The van der Waals surface area contributed by atoms with Crippen LogP contribution in [-0.2, 0) is 15.8 Å². The molecule has 2 amide bonds. The number of nitrogens with zero attached hydrogens (tertiary/aromatic N) is 2. The van der Waals surface area contributed by atoms with Crippen molar-refractivity contribution in [1.29, 1.82) is 5.26 Å². The molecule has 0 saturated heterocycles. The Hall–Kier alpha value is -4.77. The van der Waals surface area contributed by atoms with Crippen LogP contribution in [0.15, 0.2) is 48.7 Å². The Morgan fingerprint density at radius 1 is 1.17 bits per heavy atom. The highest BCUT2D eigenvalue weighted by Crippen LogP contribution is 2.32. The minimum atomic E-state index is -4.59. The van der Waals surface area contributed by atoms with E-state index in [1.807, 2.05) is 6.07 Å². The Morgan fingerprint density at radius 3 is 2.63 bits per heavy atom. The second-order valence-corrected chi connectivity index (χ2v) is 7.08. The zero-order chi connectivity index (χ0) is 25.4. The fourth-order valence-corrected chi connectivity index (χ4v) is 2.85. The van der Waals surface area contributed by atoms with E-state index in [9.17, 15) is 22.8 Å². The summed E-state index contributed by atoms with van der Waals surface area (Å²) in [6.07, 6.45) is -3.92. The molecule has 2 aromatic carbocycles. The van der Waals surface area contributed by atoms with Crippen molar-refractivity contribution < 1.29 is 27.5 Å². The molecular formula is C24H18F3N5O3. The van der Waals surface area contributed by atoms with Crippen LogP contribution in [0.2, 0.25) is 0 Å². The smallest absolute Gasteiger partial charge is 0.432 e. The molecule has 0 spiro atoms. The van der Waals surface area contributed by atoms with Crippen molar-refractivity contribution in [2.45, 2.75) is 13.1 Å². The van der Waals surface area contributed by atoms with Crippen LogP contribution in [0.25, 0.3) is 11.4 Å². The average molecular weight is 481 g/mol. The highest BCUT2D eigenvalue weighted by atomic mass is 19.4. The van der Waals surface area contributed by atoms with Gasteiger partial charge in [0.1, 0.15) is 23.9 Å². The zero-order valence-electron chi connectivity index (χ0n) is 18.3. The molecule has 178 valence electrons. The van der Waals surface area contributed by atoms with Crippen molar-refractivity contribution in [1.82, 2.24) is 15.3 Å². The van der Waals surface area contributed by atoms with Gasteiger partial charge in [-0.25, -0.2) is 4.98 Å². The van der Waals surface area contributed by atoms with E-state index in [0.29, 0.717) is 17.3 Å². The summed E-state index contributed by atoms with van der Waals surface area (Å²) in [4.78, 5) is 29.4. The highest BCUT2D eigenvalue weighted by molar-refractivity contribution is 6.05. The summed E-state index contributed by atoms with van der Waals surface area (Å²) in [5.41, 5.74) is 0.227. The Labute approximate surface area is 198 Å². The third-order valence-corrected chi connectivity index (χ3v) is 4.43. The van der Waals surface area contributed by atoms with Crippen molar-refractivity contribution in [3.05, 3.63) is 65.5 Å². The number of benzene rings is 2. The van der Waals surface area contributed by atoms with E-state index in [-0.39, 0.29) is 41.9 Å². The number of alkyl halides is 3. The molecule has 1 heterocycles. The first kappa shape index (κ1) is 24.9. The molecule has 3 rings (SSSR count). The van der Waals surface area contributed by atoms with Crippen LogP contribution >= 0.6 is 0 Å². The van der Waals surface area contributed by atoms with Crippen molar-refractivity contribution in [3.8, 4) is 35.0 Å². The number of carbonyl (C=O) groups excluding carboxylic acids is 2.